The van der Waals surface area contributed by atoms with Crippen LogP contribution in [0.4, 0.5) is 0 Å². The van der Waals surface area contributed by atoms with Gasteiger partial charge in [0, 0.05) is 0 Å². The van der Waals surface area contributed by atoms with Crippen LogP contribution < -0.4 is 0 Å². The van der Waals surface area contributed by atoms with E-state index in [1.165, 1.54) is 186 Å². The fraction of sp³-hybridized carbons (Fsp3) is 1.00. The molecule has 0 nitrogen and oxygen atoms in total. The van der Waals surface area contributed by atoms with E-state index in [9.17, 15) is 0 Å². The zero-order valence-corrected chi connectivity index (χ0v) is 25.7. The van der Waals surface area contributed by atoms with E-state index in [0.29, 0.717) is 0 Å². The smallest absolute Gasteiger partial charge is 0.0443 e. The molecule has 0 heteroatoms. The van der Waals surface area contributed by atoms with Gasteiger partial charge in [-0.2, -0.15) is 0 Å². The van der Waals surface area contributed by atoms with E-state index >= 15 is 0 Å². The lowest BCUT2D eigenvalue weighted by molar-refractivity contribution is 0.407. The monoisotopic (exact) mass is 493 g/mol. The van der Waals surface area contributed by atoms with E-state index in [-0.39, 0.29) is 0 Å². The summed E-state index contributed by atoms with van der Waals surface area (Å²) >= 11 is 0. The van der Waals surface area contributed by atoms with Gasteiger partial charge in [-0.15, -0.1) is 0 Å². The first kappa shape index (κ1) is 35.0. The van der Waals surface area contributed by atoms with Crippen molar-refractivity contribution >= 4 is 0 Å². The van der Waals surface area contributed by atoms with Gasteiger partial charge in [-0.25, -0.2) is 0 Å². The van der Waals surface area contributed by atoms with Crippen LogP contribution in [0.5, 0.6) is 0 Å². The first-order valence-electron chi connectivity index (χ1n) is 17.2. The number of hydrogen-bond acceptors (Lipinski definition) is 0. The van der Waals surface area contributed by atoms with Crippen molar-refractivity contribution in [2.24, 2.45) is 11.8 Å². The first-order valence-corrected chi connectivity index (χ1v) is 17.2. The number of unbranched alkanes of at least 4 members (excludes halogenated alkanes) is 22. The highest BCUT2D eigenvalue weighted by Gasteiger charge is 2.05. The van der Waals surface area contributed by atoms with Crippen molar-refractivity contribution in [2.45, 2.75) is 214 Å². The second-order valence-electron chi connectivity index (χ2n) is 12.5. The molecule has 35 heavy (non-hydrogen) atoms. The van der Waals surface area contributed by atoms with Crippen molar-refractivity contribution in [1.29, 1.82) is 0 Å². The summed E-state index contributed by atoms with van der Waals surface area (Å²) in [6, 6.07) is 0. The average molecular weight is 493 g/mol. The molecule has 2 unspecified atom stereocenters. The molecule has 0 saturated heterocycles. The van der Waals surface area contributed by atoms with Gasteiger partial charge in [-0.1, -0.05) is 214 Å². The van der Waals surface area contributed by atoms with Crippen LogP contribution in [-0.2, 0) is 0 Å². The Kier molecular flexibility index (Phi) is 30.2. The third-order valence-electron chi connectivity index (χ3n) is 8.49. The molecule has 2 atom stereocenters. The summed E-state index contributed by atoms with van der Waals surface area (Å²) in [6.45, 7) is 9.62. The van der Waals surface area contributed by atoms with Crippen molar-refractivity contribution in [3.63, 3.8) is 0 Å². The Labute approximate surface area is 225 Å². The molecule has 0 aromatic heterocycles. The molecule has 0 amide bonds. The predicted octanol–water partition coefficient (Wildman–Crippen LogP) is 13.6. The molecule has 0 aliphatic rings. The van der Waals surface area contributed by atoms with Gasteiger partial charge in [0.25, 0.3) is 0 Å². The summed E-state index contributed by atoms with van der Waals surface area (Å²) in [5.41, 5.74) is 0. The van der Waals surface area contributed by atoms with Crippen molar-refractivity contribution in [3.05, 3.63) is 0 Å². The van der Waals surface area contributed by atoms with Crippen molar-refractivity contribution < 1.29 is 0 Å². The third-order valence-corrected chi connectivity index (χ3v) is 8.49. The highest BCUT2D eigenvalue weighted by Crippen LogP contribution is 2.21. The lowest BCUT2D eigenvalue weighted by Gasteiger charge is -2.13. The van der Waals surface area contributed by atoms with Crippen LogP contribution in [0.2, 0.25) is 0 Å². The summed E-state index contributed by atoms with van der Waals surface area (Å²) in [5, 5.41) is 0. The predicted molar refractivity (Wildman–Crippen MR) is 164 cm³/mol. The minimum Gasteiger partial charge on any atom is -0.0654 e. The second-order valence-corrected chi connectivity index (χ2v) is 12.5. The number of rotatable bonds is 30. The molecule has 212 valence electrons. The maximum Gasteiger partial charge on any atom is -0.0443 e. The summed E-state index contributed by atoms with van der Waals surface area (Å²) in [6.07, 6.45) is 42.6. The summed E-state index contributed by atoms with van der Waals surface area (Å²) in [4.78, 5) is 0. The maximum atomic E-state index is 2.51. The van der Waals surface area contributed by atoms with Crippen LogP contribution in [0.15, 0.2) is 0 Å². The van der Waals surface area contributed by atoms with Gasteiger partial charge in [0.2, 0.25) is 0 Å². The van der Waals surface area contributed by atoms with Gasteiger partial charge >= 0.3 is 0 Å². The maximum absolute atomic E-state index is 2.51. The fourth-order valence-electron chi connectivity index (χ4n) is 5.77. The van der Waals surface area contributed by atoms with Gasteiger partial charge < -0.3 is 0 Å². The van der Waals surface area contributed by atoms with Gasteiger partial charge in [-0.05, 0) is 11.8 Å². The van der Waals surface area contributed by atoms with Crippen LogP contribution in [-0.4, -0.2) is 0 Å². The molecular weight excluding hydrogens is 420 g/mol. The van der Waals surface area contributed by atoms with E-state index in [2.05, 4.69) is 27.7 Å². The SMILES string of the molecule is CCCCCCCCCCCCCCCCCCC(C)CCCCCC(C)CCCCCCCC. The quantitative estimate of drug-likeness (QED) is 0.0874. The zero-order valence-electron chi connectivity index (χ0n) is 25.7. The van der Waals surface area contributed by atoms with Crippen molar-refractivity contribution in [3.8, 4) is 0 Å². The van der Waals surface area contributed by atoms with Gasteiger partial charge in [0.05, 0.1) is 0 Å². The molecule has 0 aromatic carbocycles. The lowest BCUT2D eigenvalue weighted by atomic mass is 9.93. The second kappa shape index (κ2) is 30.2. The Morgan fingerprint density at radius 3 is 0.657 bits per heavy atom. The Morgan fingerprint density at radius 2 is 0.429 bits per heavy atom. The molecule has 0 heterocycles. The minimum atomic E-state index is 0.960. The standard InChI is InChI=1S/C35H72/c1-5-7-9-11-13-14-15-16-17-18-19-20-21-22-24-27-31-35(4)33-29-25-28-32-34(3)30-26-23-12-10-8-6-2/h34-35H,5-33H2,1-4H3. The minimum absolute atomic E-state index is 0.960. The molecule has 0 rings (SSSR count). The first-order chi connectivity index (χ1) is 17.2. The van der Waals surface area contributed by atoms with Crippen LogP contribution in [0.25, 0.3) is 0 Å². The van der Waals surface area contributed by atoms with E-state index in [4.69, 9.17) is 0 Å². The van der Waals surface area contributed by atoms with E-state index in [1.807, 2.05) is 0 Å². The molecule has 0 spiro atoms. The van der Waals surface area contributed by atoms with E-state index < -0.39 is 0 Å². The molecule has 0 aliphatic carbocycles. The third kappa shape index (κ3) is 30.1. The molecular formula is C35H72. The highest BCUT2D eigenvalue weighted by molar-refractivity contribution is 4.58. The molecule has 0 radical (unpaired) electrons. The van der Waals surface area contributed by atoms with Crippen LogP contribution in [0, 0.1) is 11.8 Å². The van der Waals surface area contributed by atoms with Crippen LogP contribution >= 0.6 is 0 Å². The Bertz CT molecular complexity index is 359. The fourth-order valence-corrected chi connectivity index (χ4v) is 5.77. The van der Waals surface area contributed by atoms with E-state index in [0.717, 1.165) is 11.8 Å². The van der Waals surface area contributed by atoms with Crippen molar-refractivity contribution in [1.82, 2.24) is 0 Å². The Balaban J connectivity index is 3.22. The zero-order chi connectivity index (χ0) is 25.7. The summed E-state index contributed by atoms with van der Waals surface area (Å²) < 4.78 is 0. The molecule has 0 N–H and O–H groups in total. The molecule has 0 aliphatic heterocycles. The summed E-state index contributed by atoms with van der Waals surface area (Å²) in [5.74, 6) is 1.92. The average Bonchev–Trinajstić information content (AvgIpc) is 2.85. The molecule has 0 fully saturated rings. The topological polar surface area (TPSA) is 0 Å². The van der Waals surface area contributed by atoms with Gasteiger partial charge in [-0.3, -0.25) is 0 Å². The Morgan fingerprint density at radius 1 is 0.257 bits per heavy atom. The largest absolute Gasteiger partial charge is 0.0654 e. The highest BCUT2D eigenvalue weighted by atomic mass is 14.1. The van der Waals surface area contributed by atoms with Crippen LogP contribution in [0.3, 0.4) is 0 Å². The van der Waals surface area contributed by atoms with Crippen LogP contribution in [0.1, 0.15) is 214 Å². The molecule has 0 aromatic rings. The van der Waals surface area contributed by atoms with Gasteiger partial charge in [0.15, 0.2) is 0 Å². The van der Waals surface area contributed by atoms with Gasteiger partial charge in [0.1, 0.15) is 0 Å². The summed E-state index contributed by atoms with van der Waals surface area (Å²) in [7, 11) is 0. The Hall–Kier alpha value is 0. The van der Waals surface area contributed by atoms with Crippen molar-refractivity contribution in [2.75, 3.05) is 0 Å². The molecule has 0 bridgehead atoms. The normalized spacial score (nSPS) is 13.4. The van der Waals surface area contributed by atoms with E-state index in [1.54, 1.807) is 0 Å². The lowest BCUT2D eigenvalue weighted by Crippen LogP contribution is -1.97. The molecule has 0 saturated carbocycles. The number of hydrogen-bond donors (Lipinski definition) is 0.